The molecule has 1 aliphatic rings. The van der Waals surface area contributed by atoms with Gasteiger partial charge in [-0.2, -0.15) is 5.26 Å². The average Bonchev–Trinajstić information content (AvgIpc) is 3.51. The van der Waals surface area contributed by atoms with Crippen LogP contribution in [0.1, 0.15) is 53.8 Å². The molecule has 8 nitrogen and oxygen atoms in total. The Morgan fingerprint density at radius 2 is 2.00 bits per heavy atom. The van der Waals surface area contributed by atoms with Crippen molar-refractivity contribution in [2.75, 3.05) is 6.54 Å². The van der Waals surface area contributed by atoms with E-state index < -0.39 is 29.2 Å². The van der Waals surface area contributed by atoms with Gasteiger partial charge in [0.15, 0.2) is 5.69 Å². The number of H-pyrrole nitrogens is 1. The maximum Gasteiger partial charge on any atom is 0.292 e. The lowest BCUT2D eigenvalue weighted by Crippen LogP contribution is -2.36. The molecule has 4 aromatic rings. The highest BCUT2D eigenvalue weighted by Crippen LogP contribution is 2.31. The number of hydrogen-bond acceptors (Lipinski definition) is 6. The number of benzene rings is 1. The first-order valence-corrected chi connectivity index (χ1v) is 10.6. The van der Waals surface area contributed by atoms with Crippen LogP contribution >= 0.6 is 0 Å². The van der Waals surface area contributed by atoms with Crippen LogP contribution in [0.3, 0.4) is 0 Å². The number of amides is 1. The monoisotopic (exact) mass is 464 g/mol. The molecule has 0 fully saturated rings. The third-order valence-corrected chi connectivity index (χ3v) is 5.44. The van der Waals surface area contributed by atoms with Crippen molar-refractivity contribution < 1.29 is 18.0 Å². The molecule has 3 aromatic heterocycles. The number of halogens is 2. The first kappa shape index (κ1) is 23.0. The van der Waals surface area contributed by atoms with E-state index in [4.69, 9.17) is 9.68 Å². The van der Waals surface area contributed by atoms with Gasteiger partial charge in [-0.05, 0) is 26.0 Å². The third kappa shape index (κ3) is 4.64. The van der Waals surface area contributed by atoms with Crippen molar-refractivity contribution in [3.63, 3.8) is 0 Å². The van der Waals surface area contributed by atoms with Gasteiger partial charge in [-0.15, -0.1) is 0 Å². The number of nitrogens with zero attached hydrogens (tertiary/aromatic N) is 5. The Balaban J connectivity index is 0.000000226. The van der Waals surface area contributed by atoms with Crippen molar-refractivity contribution >= 4 is 16.8 Å². The summed E-state index contributed by atoms with van der Waals surface area (Å²) in [6, 6.07) is 14.0. The fourth-order valence-electron chi connectivity index (χ4n) is 3.49. The second kappa shape index (κ2) is 9.39. The molecule has 0 saturated heterocycles. The van der Waals surface area contributed by atoms with Gasteiger partial charge in [-0.3, -0.25) is 9.78 Å². The summed E-state index contributed by atoms with van der Waals surface area (Å²) in [6.45, 7) is 3.55. The smallest absolute Gasteiger partial charge is 0.292 e. The van der Waals surface area contributed by atoms with Crippen molar-refractivity contribution in [2.24, 2.45) is 0 Å². The fourth-order valence-corrected chi connectivity index (χ4v) is 3.49. The van der Waals surface area contributed by atoms with Crippen LogP contribution in [0.2, 0.25) is 0 Å². The summed E-state index contributed by atoms with van der Waals surface area (Å²) in [4.78, 5) is 29.0. The maximum atomic E-state index is 13.3. The van der Waals surface area contributed by atoms with E-state index in [1.54, 1.807) is 0 Å². The number of fused-ring (bicyclic) bond motifs is 2. The molecule has 1 N–H and O–H groups in total. The summed E-state index contributed by atoms with van der Waals surface area (Å²) >= 11 is 0. The summed E-state index contributed by atoms with van der Waals surface area (Å²) in [5.41, 5.74) is 0.752. The minimum Gasteiger partial charge on any atom is -0.433 e. The standard InChI is InChI=1S/C15H15F2N5O2.C9H7N/c1-15(2,6-18)14-21-10(12(16)17)11(24-14)13(23)22-4-3-8-9(5-22)20-7-19-8;1-2-6-9-8(4-1)5-3-7-10-9/h7,12H,3-5H2,1-2H3,(H,19,20);1-7H. The van der Waals surface area contributed by atoms with E-state index in [1.807, 2.05) is 36.5 Å². The molecule has 4 heterocycles. The number of para-hydroxylation sites is 1. The second-order valence-corrected chi connectivity index (χ2v) is 8.27. The SMILES string of the molecule is CC(C)(C#N)c1nc(C(F)F)c(C(=O)N2CCc3nc[nH]c3C2)o1.c1ccc2ncccc2c1. The zero-order chi connectivity index (χ0) is 24.3. The van der Waals surface area contributed by atoms with Crippen LogP contribution in [-0.2, 0) is 18.4 Å². The van der Waals surface area contributed by atoms with Crippen LogP contribution < -0.4 is 0 Å². The molecule has 0 bridgehead atoms. The molecule has 34 heavy (non-hydrogen) atoms. The van der Waals surface area contributed by atoms with Crippen LogP contribution in [0.4, 0.5) is 8.78 Å². The number of carbonyl (C=O) groups is 1. The van der Waals surface area contributed by atoms with Crippen LogP contribution in [0.5, 0.6) is 0 Å². The van der Waals surface area contributed by atoms with Crippen molar-refractivity contribution in [3.05, 3.63) is 77.7 Å². The van der Waals surface area contributed by atoms with E-state index in [1.165, 1.54) is 30.5 Å². The first-order chi connectivity index (χ1) is 16.3. The number of rotatable bonds is 3. The third-order valence-electron chi connectivity index (χ3n) is 5.44. The Kier molecular flexibility index (Phi) is 6.36. The van der Waals surface area contributed by atoms with Gasteiger partial charge in [0.05, 0.1) is 35.8 Å². The van der Waals surface area contributed by atoms with Crippen LogP contribution in [0, 0.1) is 11.3 Å². The Hall–Kier alpha value is -4.13. The zero-order valence-electron chi connectivity index (χ0n) is 18.6. The van der Waals surface area contributed by atoms with E-state index in [-0.39, 0.29) is 12.4 Å². The molecule has 1 aliphatic heterocycles. The van der Waals surface area contributed by atoms with Crippen molar-refractivity contribution in [3.8, 4) is 6.07 Å². The summed E-state index contributed by atoms with van der Waals surface area (Å²) in [5.74, 6) is -1.37. The van der Waals surface area contributed by atoms with E-state index in [9.17, 15) is 13.6 Å². The van der Waals surface area contributed by atoms with Gasteiger partial charge in [0.1, 0.15) is 5.41 Å². The first-order valence-electron chi connectivity index (χ1n) is 10.6. The largest absolute Gasteiger partial charge is 0.433 e. The number of alkyl halides is 2. The average molecular weight is 464 g/mol. The van der Waals surface area contributed by atoms with Crippen LogP contribution in [0.25, 0.3) is 10.9 Å². The lowest BCUT2D eigenvalue weighted by molar-refractivity contribution is 0.0681. The minimum absolute atomic E-state index is 0.192. The number of nitriles is 1. The van der Waals surface area contributed by atoms with Gasteiger partial charge in [0, 0.05) is 24.5 Å². The van der Waals surface area contributed by atoms with Gasteiger partial charge >= 0.3 is 0 Å². The topological polar surface area (TPSA) is 112 Å². The van der Waals surface area contributed by atoms with E-state index in [0.29, 0.717) is 13.0 Å². The molecule has 10 heteroatoms. The highest BCUT2D eigenvalue weighted by molar-refractivity contribution is 5.92. The van der Waals surface area contributed by atoms with Gasteiger partial charge < -0.3 is 14.3 Å². The van der Waals surface area contributed by atoms with Crippen molar-refractivity contribution in [1.82, 2.24) is 24.8 Å². The molecule has 174 valence electrons. The second-order valence-electron chi connectivity index (χ2n) is 8.27. The molecule has 5 rings (SSSR count). The number of carbonyl (C=O) groups excluding carboxylic acids is 1. The molecular weight excluding hydrogens is 442 g/mol. The summed E-state index contributed by atoms with van der Waals surface area (Å²) < 4.78 is 31.8. The highest BCUT2D eigenvalue weighted by Gasteiger charge is 2.36. The van der Waals surface area contributed by atoms with Crippen molar-refractivity contribution in [2.45, 2.75) is 38.7 Å². The molecular formula is C24H22F2N6O2. The Labute approximate surface area is 194 Å². The lowest BCUT2D eigenvalue weighted by Gasteiger charge is -2.25. The van der Waals surface area contributed by atoms with Gasteiger partial charge in [0.25, 0.3) is 12.3 Å². The molecule has 1 aromatic carbocycles. The summed E-state index contributed by atoms with van der Waals surface area (Å²) in [7, 11) is 0. The van der Waals surface area contributed by atoms with Crippen LogP contribution in [0.15, 0.2) is 53.3 Å². The van der Waals surface area contributed by atoms with E-state index in [0.717, 1.165) is 16.9 Å². The Bertz CT molecular complexity index is 1290. The van der Waals surface area contributed by atoms with Gasteiger partial charge in [0.2, 0.25) is 11.7 Å². The molecule has 0 aliphatic carbocycles. The predicted octanol–water partition coefficient (Wildman–Crippen LogP) is 4.57. The molecule has 0 saturated carbocycles. The summed E-state index contributed by atoms with van der Waals surface area (Å²) in [5, 5.41) is 10.3. The normalized spacial score (nSPS) is 13.2. The van der Waals surface area contributed by atoms with Crippen LogP contribution in [-0.4, -0.2) is 37.3 Å². The molecule has 0 radical (unpaired) electrons. The number of imidazole rings is 1. The maximum absolute atomic E-state index is 13.3. The number of pyridine rings is 1. The number of hydrogen-bond donors (Lipinski definition) is 1. The Morgan fingerprint density at radius 3 is 2.74 bits per heavy atom. The zero-order valence-corrected chi connectivity index (χ0v) is 18.6. The lowest BCUT2D eigenvalue weighted by atomic mass is 9.96. The quantitative estimate of drug-likeness (QED) is 0.475. The highest BCUT2D eigenvalue weighted by atomic mass is 19.3. The number of aromatic nitrogens is 4. The van der Waals surface area contributed by atoms with Gasteiger partial charge in [-0.1, -0.05) is 24.3 Å². The molecule has 0 atom stereocenters. The van der Waals surface area contributed by atoms with Gasteiger partial charge in [-0.25, -0.2) is 18.7 Å². The van der Waals surface area contributed by atoms with E-state index >= 15 is 0 Å². The Morgan fingerprint density at radius 1 is 1.24 bits per heavy atom. The number of nitrogens with one attached hydrogen (secondary N) is 1. The minimum atomic E-state index is -2.97. The fraction of sp³-hybridized carbons (Fsp3) is 0.292. The molecule has 0 unspecified atom stereocenters. The van der Waals surface area contributed by atoms with E-state index in [2.05, 4.69) is 32.1 Å². The predicted molar refractivity (Wildman–Crippen MR) is 119 cm³/mol. The number of oxazole rings is 1. The summed E-state index contributed by atoms with van der Waals surface area (Å²) in [6.07, 6.45) is 0.899. The number of aromatic amines is 1. The molecule has 0 spiro atoms. The molecule has 1 amide bonds. The van der Waals surface area contributed by atoms with Crippen molar-refractivity contribution in [1.29, 1.82) is 5.26 Å².